The van der Waals surface area contributed by atoms with Gasteiger partial charge in [0.05, 0.1) is 7.11 Å². The topological polar surface area (TPSA) is 93.7 Å². The van der Waals surface area contributed by atoms with Crippen LogP contribution in [-0.2, 0) is 19.1 Å². The highest BCUT2D eigenvalue weighted by atomic mass is 16.6. The number of rotatable bonds is 3. The molecule has 0 atom stereocenters. The molecule has 7 heteroatoms. The highest BCUT2D eigenvalue weighted by Crippen LogP contribution is 2.05. The minimum atomic E-state index is -0.970. The molecular formula is C10H18N2O5. The molecule has 0 aromatic heterocycles. The Morgan fingerprint density at radius 2 is 1.59 bits per heavy atom. The monoisotopic (exact) mass is 246 g/mol. The van der Waals surface area contributed by atoms with Crippen molar-refractivity contribution in [2.45, 2.75) is 26.4 Å². The lowest BCUT2D eigenvalue weighted by molar-refractivity contribution is -0.152. The van der Waals surface area contributed by atoms with Gasteiger partial charge in [-0.15, -0.1) is 0 Å². The molecule has 0 rings (SSSR count). The van der Waals surface area contributed by atoms with Gasteiger partial charge in [-0.2, -0.15) is 0 Å². The Kier molecular flexibility index (Phi) is 6.01. The van der Waals surface area contributed by atoms with Gasteiger partial charge in [-0.1, -0.05) is 0 Å². The molecule has 17 heavy (non-hydrogen) atoms. The third-order valence-electron chi connectivity index (χ3n) is 1.45. The van der Waals surface area contributed by atoms with E-state index in [4.69, 9.17) is 4.74 Å². The zero-order valence-corrected chi connectivity index (χ0v) is 10.5. The highest BCUT2D eigenvalue weighted by molar-refractivity contribution is 6.32. The van der Waals surface area contributed by atoms with Crippen LogP contribution in [0.1, 0.15) is 20.8 Å². The molecule has 0 aliphatic carbocycles. The minimum Gasteiger partial charge on any atom is -0.462 e. The first-order valence-electron chi connectivity index (χ1n) is 5.09. The second-order valence-corrected chi connectivity index (χ2v) is 4.18. The van der Waals surface area contributed by atoms with Crippen LogP contribution in [0.15, 0.2) is 0 Å². The molecule has 0 heterocycles. The Labute approximate surface area is 99.8 Å². The van der Waals surface area contributed by atoms with Crippen molar-refractivity contribution in [1.29, 1.82) is 0 Å². The smallest absolute Gasteiger partial charge is 0.407 e. The first kappa shape index (κ1) is 15.2. The molecule has 0 radical (unpaired) electrons. The number of carbonyl (C=O) groups excluding carboxylic acids is 3. The molecule has 0 saturated heterocycles. The van der Waals surface area contributed by atoms with E-state index in [2.05, 4.69) is 15.4 Å². The van der Waals surface area contributed by atoms with Crippen molar-refractivity contribution < 1.29 is 23.9 Å². The summed E-state index contributed by atoms with van der Waals surface area (Å²) in [4.78, 5) is 32.8. The maximum absolute atomic E-state index is 11.2. The summed E-state index contributed by atoms with van der Waals surface area (Å²) in [6, 6.07) is 0. The van der Waals surface area contributed by atoms with Crippen LogP contribution < -0.4 is 10.6 Å². The van der Waals surface area contributed by atoms with E-state index >= 15 is 0 Å². The molecule has 0 aromatic carbocycles. The van der Waals surface area contributed by atoms with Crippen LogP contribution in [0, 0.1) is 0 Å². The Morgan fingerprint density at radius 3 is 2.06 bits per heavy atom. The summed E-state index contributed by atoms with van der Waals surface area (Å²) in [5.74, 6) is -1.82. The van der Waals surface area contributed by atoms with Crippen molar-refractivity contribution >= 4 is 18.0 Å². The Hall–Kier alpha value is -1.79. The Morgan fingerprint density at radius 1 is 1.06 bits per heavy atom. The van der Waals surface area contributed by atoms with Gasteiger partial charge >= 0.3 is 18.0 Å². The second kappa shape index (κ2) is 6.72. The van der Waals surface area contributed by atoms with Crippen LogP contribution in [0.25, 0.3) is 0 Å². The van der Waals surface area contributed by atoms with E-state index in [-0.39, 0.29) is 13.1 Å². The van der Waals surface area contributed by atoms with Gasteiger partial charge in [-0.25, -0.2) is 9.59 Å². The first-order valence-corrected chi connectivity index (χ1v) is 5.09. The van der Waals surface area contributed by atoms with Crippen molar-refractivity contribution in [3.63, 3.8) is 0 Å². The zero-order valence-electron chi connectivity index (χ0n) is 10.5. The first-order chi connectivity index (χ1) is 7.76. The van der Waals surface area contributed by atoms with E-state index in [0.717, 1.165) is 7.11 Å². The van der Waals surface area contributed by atoms with E-state index < -0.39 is 23.6 Å². The lowest BCUT2D eigenvalue weighted by Crippen LogP contribution is -2.40. The fourth-order valence-corrected chi connectivity index (χ4v) is 0.820. The number of nitrogens with one attached hydrogen (secondary N) is 2. The van der Waals surface area contributed by atoms with Crippen molar-refractivity contribution in [1.82, 2.24) is 10.6 Å². The molecule has 0 aliphatic rings. The molecule has 0 aliphatic heterocycles. The number of esters is 1. The zero-order chi connectivity index (χ0) is 13.5. The second-order valence-electron chi connectivity index (χ2n) is 4.18. The van der Waals surface area contributed by atoms with E-state index in [1.54, 1.807) is 20.8 Å². The average Bonchev–Trinajstić information content (AvgIpc) is 2.20. The molecular weight excluding hydrogens is 228 g/mol. The van der Waals surface area contributed by atoms with Gasteiger partial charge in [-0.05, 0) is 20.8 Å². The van der Waals surface area contributed by atoms with Crippen molar-refractivity contribution in [2.75, 3.05) is 20.2 Å². The Bertz CT molecular complexity index is 296. The minimum absolute atomic E-state index is 0.118. The van der Waals surface area contributed by atoms with E-state index in [1.165, 1.54) is 0 Å². The fraction of sp³-hybridized carbons (Fsp3) is 0.700. The van der Waals surface area contributed by atoms with Crippen LogP contribution in [0.4, 0.5) is 4.79 Å². The largest absolute Gasteiger partial charge is 0.462 e. The summed E-state index contributed by atoms with van der Waals surface area (Å²) in [6.45, 7) is 5.51. The highest BCUT2D eigenvalue weighted by Gasteiger charge is 2.16. The third kappa shape index (κ3) is 8.06. The van der Waals surface area contributed by atoms with E-state index in [1.807, 2.05) is 0 Å². The number of amides is 2. The summed E-state index contributed by atoms with van der Waals surface area (Å²) >= 11 is 0. The standard InChI is InChI=1S/C10H18N2O5/c1-10(2,3)17-9(15)12-6-5-11-7(13)8(14)16-4/h5-6H2,1-4H3,(H,11,13)(H,12,15). The van der Waals surface area contributed by atoms with Crippen LogP contribution in [-0.4, -0.2) is 43.8 Å². The van der Waals surface area contributed by atoms with Crippen LogP contribution in [0.2, 0.25) is 0 Å². The lowest BCUT2D eigenvalue weighted by atomic mass is 10.2. The van der Waals surface area contributed by atoms with Gasteiger partial charge in [0.1, 0.15) is 5.60 Å². The molecule has 2 N–H and O–H groups in total. The van der Waals surface area contributed by atoms with Gasteiger partial charge in [0.15, 0.2) is 0 Å². The molecule has 0 spiro atoms. The summed E-state index contributed by atoms with van der Waals surface area (Å²) in [7, 11) is 1.11. The SMILES string of the molecule is COC(=O)C(=O)NCCNC(=O)OC(C)(C)C. The molecule has 0 bridgehead atoms. The number of ether oxygens (including phenoxy) is 2. The summed E-state index contributed by atoms with van der Waals surface area (Å²) in [6.07, 6.45) is -0.579. The maximum atomic E-state index is 11.2. The molecule has 98 valence electrons. The number of carbonyl (C=O) groups is 3. The predicted octanol–water partition coefficient (Wildman–Crippen LogP) is -0.200. The summed E-state index contributed by atoms with van der Waals surface area (Å²) < 4.78 is 9.15. The molecule has 0 aromatic rings. The van der Waals surface area contributed by atoms with Crippen molar-refractivity contribution in [3.05, 3.63) is 0 Å². The molecule has 0 saturated carbocycles. The van der Waals surface area contributed by atoms with E-state index in [9.17, 15) is 14.4 Å². The summed E-state index contributed by atoms with van der Waals surface area (Å²) in [5, 5.41) is 4.69. The van der Waals surface area contributed by atoms with Crippen LogP contribution >= 0.6 is 0 Å². The fourth-order valence-electron chi connectivity index (χ4n) is 0.820. The maximum Gasteiger partial charge on any atom is 0.407 e. The van der Waals surface area contributed by atoms with Gasteiger partial charge in [-0.3, -0.25) is 4.79 Å². The predicted molar refractivity (Wildman–Crippen MR) is 59.3 cm³/mol. The number of alkyl carbamates (subject to hydrolysis) is 1. The normalized spacial score (nSPS) is 10.4. The molecule has 7 nitrogen and oxygen atoms in total. The van der Waals surface area contributed by atoms with Gasteiger partial charge in [0.2, 0.25) is 0 Å². The van der Waals surface area contributed by atoms with E-state index in [0.29, 0.717) is 0 Å². The van der Waals surface area contributed by atoms with Crippen LogP contribution in [0.3, 0.4) is 0 Å². The third-order valence-corrected chi connectivity index (χ3v) is 1.45. The quantitative estimate of drug-likeness (QED) is 0.408. The van der Waals surface area contributed by atoms with Crippen molar-refractivity contribution in [2.24, 2.45) is 0 Å². The Balaban J connectivity index is 3.69. The van der Waals surface area contributed by atoms with Gasteiger partial charge in [0, 0.05) is 13.1 Å². The molecule has 0 unspecified atom stereocenters. The van der Waals surface area contributed by atoms with Gasteiger partial charge < -0.3 is 20.1 Å². The van der Waals surface area contributed by atoms with Crippen LogP contribution in [0.5, 0.6) is 0 Å². The van der Waals surface area contributed by atoms with Crippen molar-refractivity contribution in [3.8, 4) is 0 Å². The number of methoxy groups -OCH3 is 1. The number of hydrogen-bond donors (Lipinski definition) is 2. The lowest BCUT2D eigenvalue weighted by Gasteiger charge is -2.19. The van der Waals surface area contributed by atoms with Gasteiger partial charge in [0.25, 0.3) is 0 Å². The molecule has 2 amide bonds. The molecule has 0 fully saturated rings. The number of hydrogen-bond acceptors (Lipinski definition) is 5. The average molecular weight is 246 g/mol. The summed E-state index contributed by atoms with van der Waals surface area (Å²) in [5.41, 5.74) is -0.570.